The highest BCUT2D eigenvalue weighted by Crippen LogP contribution is 2.19. The molecule has 3 N–H and O–H groups in total. The van der Waals surface area contributed by atoms with Gasteiger partial charge in [0.15, 0.2) is 12.6 Å². The Labute approximate surface area is 157 Å². The van der Waals surface area contributed by atoms with Gasteiger partial charge < -0.3 is 11.1 Å². The summed E-state index contributed by atoms with van der Waals surface area (Å²) in [5.41, 5.74) is 5.75. The van der Waals surface area contributed by atoms with Crippen LogP contribution in [0.2, 0.25) is 0 Å². The van der Waals surface area contributed by atoms with Gasteiger partial charge in [-0.2, -0.15) is 30.2 Å². The fourth-order valence-electron chi connectivity index (χ4n) is 2.00. The summed E-state index contributed by atoms with van der Waals surface area (Å²) < 4.78 is 37.5. The number of nitrogens with zero attached hydrogens (tertiary/aromatic N) is 2. The van der Waals surface area contributed by atoms with Crippen LogP contribution in [0.1, 0.15) is 24.1 Å². The number of carbonyl (C=O) groups excluding carboxylic acids is 3. The van der Waals surface area contributed by atoms with E-state index in [1.807, 2.05) is 0 Å². The van der Waals surface area contributed by atoms with Gasteiger partial charge in [-0.25, -0.2) is 4.79 Å². The second-order valence-corrected chi connectivity index (χ2v) is 6.55. The van der Waals surface area contributed by atoms with Crippen molar-refractivity contribution in [1.29, 1.82) is 5.26 Å². The highest BCUT2D eigenvalue weighted by atomic mass is 32.2. The number of hydrogen-bond acceptors (Lipinski definition) is 6. The number of carbonyl (C=O) groups is 3. The van der Waals surface area contributed by atoms with Crippen molar-refractivity contribution < 1.29 is 32.1 Å². The number of thioether (sulfide) groups is 1. The van der Waals surface area contributed by atoms with E-state index in [2.05, 4.69) is 5.32 Å². The lowest BCUT2D eigenvalue weighted by Crippen LogP contribution is -2.42. The summed E-state index contributed by atoms with van der Waals surface area (Å²) in [7, 11) is 0. The van der Waals surface area contributed by atoms with Crippen molar-refractivity contribution in [2.75, 3.05) is 16.8 Å². The van der Waals surface area contributed by atoms with Crippen molar-refractivity contribution in [2.24, 2.45) is 5.73 Å². The van der Waals surface area contributed by atoms with Gasteiger partial charge in [0.05, 0.1) is 11.8 Å². The summed E-state index contributed by atoms with van der Waals surface area (Å²) >= 11 is 0.831. The van der Waals surface area contributed by atoms with Crippen molar-refractivity contribution in [1.82, 2.24) is 0 Å². The van der Waals surface area contributed by atoms with E-state index in [0.29, 0.717) is 12.1 Å². The minimum absolute atomic E-state index is 0.240. The Morgan fingerprint density at radius 2 is 2.07 bits per heavy atom. The number of halogens is 3. The number of primary amides is 1. The molecule has 1 atom stereocenters. The van der Waals surface area contributed by atoms with Gasteiger partial charge in [0, 0.05) is 6.07 Å². The molecule has 0 radical (unpaired) electrons. The third-order valence-corrected chi connectivity index (χ3v) is 4.38. The summed E-state index contributed by atoms with van der Waals surface area (Å²) in [5, 5.41) is 11.4. The molecule has 0 unspecified atom stereocenters. The maximum absolute atomic E-state index is 12.1. The number of nitrogens with two attached hydrogens (primary N) is 1. The molecule has 0 saturated carbocycles. The number of anilines is 1. The van der Waals surface area contributed by atoms with Crippen LogP contribution in [0.4, 0.5) is 18.9 Å². The highest BCUT2D eigenvalue weighted by molar-refractivity contribution is 7.99. The molecule has 1 amide bonds. The van der Waals surface area contributed by atoms with Crippen LogP contribution in [-0.4, -0.2) is 41.3 Å². The molecular weight excluding hydrogens is 385 g/mol. The Bertz CT molecular complexity index is 734. The molecule has 0 spiro atoms. The summed E-state index contributed by atoms with van der Waals surface area (Å²) in [6.07, 6.45) is -1.68. The predicted octanol–water partition coefficient (Wildman–Crippen LogP) is 1.44. The predicted molar refractivity (Wildman–Crippen MR) is 91.7 cm³/mol. The van der Waals surface area contributed by atoms with Crippen LogP contribution in [0, 0.1) is 11.3 Å². The van der Waals surface area contributed by atoms with Gasteiger partial charge in [0.1, 0.15) is 11.7 Å². The van der Waals surface area contributed by atoms with Crippen LogP contribution in [0.5, 0.6) is 0 Å². The quantitative estimate of drug-likeness (QED) is 0.451. The van der Waals surface area contributed by atoms with E-state index < -0.39 is 35.6 Å². The van der Waals surface area contributed by atoms with Crippen molar-refractivity contribution >= 4 is 35.0 Å². The first-order chi connectivity index (χ1) is 12.6. The van der Waals surface area contributed by atoms with Gasteiger partial charge >= 0.3 is 12.1 Å². The molecule has 1 aromatic rings. The largest absolute Gasteiger partial charge is 0.450 e. The monoisotopic (exact) mass is 403 g/mol. The number of nitrogens with one attached hydrogen (secondary N) is 1. The van der Waals surface area contributed by atoms with Crippen LogP contribution in [0.3, 0.4) is 0 Å². The highest BCUT2D eigenvalue weighted by Gasteiger charge is 2.37. The van der Waals surface area contributed by atoms with E-state index >= 15 is 0 Å². The normalized spacial score (nSPS) is 12.1. The molecule has 0 aliphatic rings. The molecule has 0 fully saturated rings. The number of amides is 1. The van der Waals surface area contributed by atoms with Crippen molar-refractivity contribution in [2.45, 2.75) is 31.5 Å². The molecule has 0 aliphatic heterocycles. The molecule has 0 bridgehead atoms. The topological polar surface area (TPSA) is 117 Å². The zero-order chi connectivity index (χ0) is 20.4. The Hall–Kier alpha value is -2.61. The van der Waals surface area contributed by atoms with E-state index in [0.717, 1.165) is 11.8 Å². The number of pyridine rings is 1. The third-order valence-electron chi connectivity index (χ3n) is 3.33. The molecule has 0 saturated heterocycles. The number of rotatable bonds is 10. The van der Waals surface area contributed by atoms with Gasteiger partial charge in [-0.1, -0.05) is 0 Å². The van der Waals surface area contributed by atoms with Crippen LogP contribution < -0.4 is 15.6 Å². The Balaban J connectivity index is 2.54. The molecule has 27 heavy (non-hydrogen) atoms. The Morgan fingerprint density at radius 1 is 1.37 bits per heavy atom. The number of ketones is 1. The summed E-state index contributed by atoms with van der Waals surface area (Å²) in [6, 6.07) is 4.09. The molecule has 1 heterocycles. The van der Waals surface area contributed by atoms with E-state index in [9.17, 15) is 27.6 Å². The first-order valence-corrected chi connectivity index (χ1v) is 8.95. The average Bonchev–Trinajstić information content (AvgIpc) is 2.59. The maximum atomic E-state index is 12.1. The zero-order valence-corrected chi connectivity index (χ0v) is 15.0. The first-order valence-electron chi connectivity index (χ1n) is 7.80. The van der Waals surface area contributed by atoms with Gasteiger partial charge in [0.2, 0.25) is 17.9 Å². The first kappa shape index (κ1) is 22.4. The van der Waals surface area contributed by atoms with Crippen molar-refractivity contribution in [3.8, 4) is 6.07 Å². The minimum Gasteiger partial charge on any atom is -0.369 e. The SMILES string of the molecule is N#CCC(=O)[n+]1cccc(N[C@@H](CCCSCC(=O)C(F)(F)F)C(N)=O)c1. The number of alkyl halides is 3. The third kappa shape index (κ3) is 8.08. The maximum Gasteiger partial charge on any atom is 0.450 e. The number of Topliss-reactive ketones (excluding diaryl/α,β-unsaturated/α-hetero) is 1. The second-order valence-electron chi connectivity index (χ2n) is 5.44. The fourth-order valence-corrected chi connectivity index (χ4v) is 2.86. The molecule has 0 aliphatic carbocycles. The average molecular weight is 403 g/mol. The van der Waals surface area contributed by atoms with E-state index in [-0.39, 0.29) is 18.6 Å². The standard InChI is InChI=1S/C16H17F3N4O3S/c17-16(18,19)13(24)10-27-8-2-4-12(15(21)26)22-11-3-1-7-23(9-11)14(25)5-6-20/h1,3,7,9,12,22H,2,4-5,8,10H2,(H-,21,26)/p+1/t12-/m0/s1. The molecule has 1 rings (SSSR count). The van der Waals surface area contributed by atoms with Crippen molar-refractivity contribution in [3.63, 3.8) is 0 Å². The second kappa shape index (κ2) is 10.5. The lowest BCUT2D eigenvalue weighted by Gasteiger charge is -2.15. The number of nitriles is 1. The lowest BCUT2D eigenvalue weighted by atomic mass is 10.1. The van der Waals surface area contributed by atoms with Crippen LogP contribution in [0.25, 0.3) is 0 Å². The smallest absolute Gasteiger partial charge is 0.369 e. The fraction of sp³-hybridized carbons (Fsp3) is 0.438. The zero-order valence-electron chi connectivity index (χ0n) is 14.2. The van der Waals surface area contributed by atoms with E-state index in [4.69, 9.17) is 11.0 Å². The van der Waals surface area contributed by atoms with E-state index in [1.54, 1.807) is 18.2 Å². The Kier molecular flexibility index (Phi) is 8.74. The summed E-state index contributed by atoms with van der Waals surface area (Å²) in [4.78, 5) is 34.0. The van der Waals surface area contributed by atoms with Gasteiger partial charge in [-0.05, 0) is 24.7 Å². The van der Waals surface area contributed by atoms with Crippen LogP contribution in [-0.2, 0) is 9.59 Å². The molecule has 7 nitrogen and oxygen atoms in total. The number of hydrogen-bond donors (Lipinski definition) is 2. The number of aromatic nitrogens is 1. The lowest BCUT2D eigenvalue weighted by molar-refractivity contribution is -0.573. The molecule has 1 aromatic heterocycles. The van der Waals surface area contributed by atoms with Gasteiger partial charge in [0.25, 0.3) is 0 Å². The summed E-state index contributed by atoms with van der Waals surface area (Å²) in [6.45, 7) is 0. The summed E-state index contributed by atoms with van der Waals surface area (Å²) in [5.74, 6) is -3.32. The van der Waals surface area contributed by atoms with Crippen LogP contribution in [0.15, 0.2) is 24.5 Å². The van der Waals surface area contributed by atoms with Gasteiger partial charge in [-0.15, -0.1) is 4.57 Å². The molecule has 146 valence electrons. The van der Waals surface area contributed by atoms with Crippen molar-refractivity contribution in [3.05, 3.63) is 24.5 Å². The van der Waals surface area contributed by atoms with Crippen LogP contribution >= 0.6 is 11.8 Å². The molecule has 11 heteroatoms. The Morgan fingerprint density at radius 3 is 2.67 bits per heavy atom. The molecular formula is C16H18F3N4O3S+. The minimum atomic E-state index is -4.84. The molecule has 0 aromatic carbocycles. The van der Waals surface area contributed by atoms with Gasteiger partial charge in [-0.3, -0.25) is 9.59 Å². The van der Waals surface area contributed by atoms with E-state index in [1.165, 1.54) is 17.0 Å².